The van der Waals surface area contributed by atoms with Gasteiger partial charge in [0, 0.05) is 40.8 Å². The molecule has 0 aliphatic heterocycles. The summed E-state index contributed by atoms with van der Waals surface area (Å²) in [7, 11) is -2.30. The summed E-state index contributed by atoms with van der Waals surface area (Å²) in [5.74, 6) is 0. The van der Waals surface area contributed by atoms with E-state index in [1.54, 1.807) is 20.8 Å². The molecule has 0 aromatic rings. The van der Waals surface area contributed by atoms with Gasteiger partial charge in [0.25, 0.3) is 0 Å². The second-order valence-corrected chi connectivity index (χ2v) is 4.67. The fourth-order valence-electron chi connectivity index (χ4n) is 0. The maximum absolute atomic E-state index is 10.2. The van der Waals surface area contributed by atoms with Crippen molar-refractivity contribution in [1.29, 1.82) is 0 Å². The van der Waals surface area contributed by atoms with E-state index in [1.165, 1.54) is 0 Å². The summed E-state index contributed by atoms with van der Waals surface area (Å²) in [5.41, 5.74) is 0. The molecule has 8 heavy (non-hydrogen) atoms. The van der Waals surface area contributed by atoms with Crippen molar-refractivity contribution in [3.63, 3.8) is 0 Å². The van der Waals surface area contributed by atoms with Crippen LogP contribution in [-0.4, -0.2) is 10.0 Å². The molecule has 0 rings (SSSR count). The Hall–Kier alpha value is 1.38. The van der Waals surface area contributed by atoms with E-state index < -0.39 is 13.2 Å². The molecule has 1 atom stereocenters. The molecule has 1 N–H and O–H groups in total. The van der Waals surface area contributed by atoms with E-state index in [0.29, 0.717) is 0 Å². The van der Waals surface area contributed by atoms with E-state index in [-0.39, 0.29) is 35.6 Å². The molecule has 1 unspecified atom stereocenters. The second kappa shape index (κ2) is 4.24. The van der Waals surface area contributed by atoms with Gasteiger partial charge in [0.2, 0.25) is 0 Å². The Morgan fingerprint density at radius 1 is 1.38 bits per heavy atom. The molecule has 0 bridgehead atoms. The molecule has 0 aliphatic rings. The zero-order valence-corrected chi connectivity index (χ0v) is 10.1. The Morgan fingerprint density at radius 3 is 1.50 bits per heavy atom. The maximum atomic E-state index is 10.2. The minimum Gasteiger partial charge on any atom is -0.346 e. The van der Waals surface area contributed by atoms with Gasteiger partial charge >= 0.3 is 0 Å². The van der Waals surface area contributed by atoms with Crippen LogP contribution in [0.3, 0.4) is 0 Å². The van der Waals surface area contributed by atoms with Crippen molar-refractivity contribution in [2.75, 3.05) is 0 Å². The summed E-state index contributed by atoms with van der Waals surface area (Å²) in [6.07, 6.45) is 0. The third-order valence-electron chi connectivity index (χ3n) is 0.642. The van der Waals surface area contributed by atoms with Gasteiger partial charge in [0.05, 0.1) is 0 Å². The molecule has 0 saturated heterocycles. The molecular formula is C4H11LaO2P. The monoisotopic (exact) mass is 261 g/mol. The van der Waals surface area contributed by atoms with Crippen molar-refractivity contribution in [2.45, 2.75) is 25.9 Å². The predicted molar refractivity (Wildman–Crippen MR) is 31.0 cm³/mol. The molecule has 0 heterocycles. The maximum Gasteiger partial charge on any atom is 0.194 e. The first kappa shape index (κ1) is 12.1. The van der Waals surface area contributed by atoms with Crippen LogP contribution in [0.4, 0.5) is 0 Å². The minimum absolute atomic E-state index is 0. The van der Waals surface area contributed by atoms with Gasteiger partial charge < -0.3 is 4.89 Å². The van der Waals surface area contributed by atoms with Crippen LogP contribution in [0.5, 0.6) is 0 Å². The summed E-state index contributed by atoms with van der Waals surface area (Å²) in [6.45, 7) is 5.23. The van der Waals surface area contributed by atoms with Crippen LogP contribution in [-0.2, 0) is 4.57 Å². The smallest absolute Gasteiger partial charge is 0.194 e. The molecule has 47 valence electrons. The molecular weight excluding hydrogens is 250 g/mol. The van der Waals surface area contributed by atoms with Gasteiger partial charge in [-0.3, -0.25) is 4.57 Å². The fraction of sp³-hybridized carbons (Fsp3) is 1.00. The minimum atomic E-state index is -2.30. The summed E-state index contributed by atoms with van der Waals surface area (Å²) in [4.78, 5) is 8.44. The van der Waals surface area contributed by atoms with Crippen LogP contribution >= 0.6 is 8.03 Å². The van der Waals surface area contributed by atoms with Crippen molar-refractivity contribution in [1.82, 2.24) is 0 Å². The van der Waals surface area contributed by atoms with Gasteiger partial charge in [-0.15, -0.1) is 0 Å². The van der Waals surface area contributed by atoms with Crippen molar-refractivity contribution in [2.24, 2.45) is 0 Å². The second-order valence-electron chi connectivity index (χ2n) is 2.56. The first-order chi connectivity index (χ1) is 2.94. The summed E-state index contributed by atoms with van der Waals surface area (Å²) < 4.78 is 10.2. The van der Waals surface area contributed by atoms with Crippen molar-refractivity contribution in [3.05, 3.63) is 0 Å². The normalized spacial score (nSPS) is 14.5. The van der Waals surface area contributed by atoms with Crippen LogP contribution < -0.4 is 0 Å². The molecule has 0 saturated carbocycles. The van der Waals surface area contributed by atoms with Gasteiger partial charge in [0.15, 0.2) is 8.03 Å². The van der Waals surface area contributed by atoms with E-state index in [9.17, 15) is 4.57 Å². The Kier molecular flexibility index (Phi) is 6.41. The molecule has 2 nitrogen and oxygen atoms in total. The third-order valence-corrected chi connectivity index (χ3v) is 1.92. The van der Waals surface area contributed by atoms with E-state index in [2.05, 4.69) is 0 Å². The van der Waals surface area contributed by atoms with Crippen molar-refractivity contribution >= 4 is 8.03 Å². The number of hydrogen-bond donors (Lipinski definition) is 1. The zero-order chi connectivity index (χ0) is 6.08. The van der Waals surface area contributed by atoms with Crippen molar-refractivity contribution in [3.8, 4) is 0 Å². The summed E-state index contributed by atoms with van der Waals surface area (Å²) in [5, 5.41) is -0.398. The predicted octanol–water partition coefficient (Wildman–Crippen LogP) is 1.25. The van der Waals surface area contributed by atoms with Gasteiger partial charge in [-0.05, 0) is 0 Å². The molecule has 4 heteroatoms. The molecule has 0 fully saturated rings. The van der Waals surface area contributed by atoms with Crippen LogP contribution in [0.25, 0.3) is 0 Å². The molecule has 0 aromatic heterocycles. The topological polar surface area (TPSA) is 37.3 Å². The van der Waals surface area contributed by atoms with Crippen LogP contribution in [0, 0.1) is 35.6 Å². The van der Waals surface area contributed by atoms with Gasteiger partial charge in [-0.2, -0.15) is 0 Å². The molecule has 0 spiro atoms. The standard InChI is InChI=1S/C4H11O2P.La/c1-4(2,3)7(5)6;/h7H,1-3H3,(H,5,6);. The Balaban J connectivity index is 0. The van der Waals surface area contributed by atoms with E-state index in [1.807, 2.05) is 0 Å². The van der Waals surface area contributed by atoms with Crippen LogP contribution in [0.2, 0.25) is 0 Å². The Morgan fingerprint density at radius 2 is 1.50 bits per heavy atom. The first-order valence-electron chi connectivity index (χ1n) is 2.18. The average Bonchev–Trinajstić information content (AvgIpc) is 1.31. The van der Waals surface area contributed by atoms with Crippen LogP contribution in [0.15, 0.2) is 0 Å². The summed E-state index contributed by atoms with van der Waals surface area (Å²) >= 11 is 0. The fourth-order valence-corrected chi connectivity index (χ4v) is 0. The largest absolute Gasteiger partial charge is 0.346 e. The molecule has 0 aliphatic carbocycles. The third kappa shape index (κ3) is 5.52. The van der Waals surface area contributed by atoms with Gasteiger partial charge in [-0.25, -0.2) is 0 Å². The zero-order valence-electron chi connectivity index (χ0n) is 5.43. The summed E-state index contributed by atoms with van der Waals surface area (Å²) in [6, 6.07) is 0. The molecule has 0 aromatic carbocycles. The van der Waals surface area contributed by atoms with E-state index >= 15 is 0 Å². The Bertz CT molecular complexity index is 86.5. The van der Waals surface area contributed by atoms with Gasteiger partial charge in [0.1, 0.15) is 0 Å². The van der Waals surface area contributed by atoms with E-state index in [4.69, 9.17) is 4.89 Å². The number of hydrogen-bond acceptors (Lipinski definition) is 1. The molecule has 1 radical (unpaired) electrons. The van der Waals surface area contributed by atoms with Crippen LogP contribution in [0.1, 0.15) is 20.8 Å². The SMILES string of the molecule is CC(C)(C)[PH](=O)O.[La]. The first-order valence-corrected chi connectivity index (χ1v) is 3.53. The van der Waals surface area contributed by atoms with Gasteiger partial charge in [-0.1, -0.05) is 20.8 Å². The van der Waals surface area contributed by atoms with Crippen molar-refractivity contribution < 1.29 is 45.1 Å². The average molecular weight is 261 g/mol. The number of rotatable bonds is 0. The van der Waals surface area contributed by atoms with E-state index in [0.717, 1.165) is 0 Å². The molecule has 0 amide bonds. The quantitative estimate of drug-likeness (QED) is 0.666. The Labute approximate surface area is 78.5 Å².